The number of halogens is 2. The first kappa shape index (κ1) is 26.2. The maximum absolute atomic E-state index is 12.0. The number of carbonyl (C=O) groups excluding carboxylic acids is 4. The average Bonchev–Trinajstić information content (AvgIpc) is 2.79. The van der Waals surface area contributed by atoms with Crippen LogP contribution in [0.1, 0.15) is 43.0 Å². The minimum absolute atomic E-state index is 0.128. The van der Waals surface area contributed by atoms with E-state index in [1.54, 1.807) is 24.3 Å². The van der Waals surface area contributed by atoms with Gasteiger partial charge in [-0.3, -0.25) is 14.4 Å². The summed E-state index contributed by atoms with van der Waals surface area (Å²) < 4.78 is 10.00. The summed E-state index contributed by atoms with van der Waals surface area (Å²) in [5.74, 6) is -2.09. The summed E-state index contributed by atoms with van der Waals surface area (Å²) in [5.41, 5.74) is 1.25. The number of hydrogen-bond acceptors (Lipinski definition) is 6. The normalized spacial score (nSPS) is 10.3. The number of unbranched alkanes of at least 4 members (excludes halogenated alkanes) is 1. The summed E-state index contributed by atoms with van der Waals surface area (Å²) in [5, 5.41) is 5.79. The molecule has 10 heteroatoms. The first-order valence-corrected chi connectivity index (χ1v) is 11.0. The van der Waals surface area contributed by atoms with Crippen LogP contribution in [0.3, 0.4) is 0 Å². The van der Waals surface area contributed by atoms with E-state index in [2.05, 4.69) is 10.6 Å². The van der Waals surface area contributed by atoms with E-state index < -0.39 is 30.4 Å². The van der Waals surface area contributed by atoms with Gasteiger partial charge < -0.3 is 20.1 Å². The zero-order valence-electron chi connectivity index (χ0n) is 18.0. The number of rotatable bonds is 11. The highest BCUT2D eigenvalue weighted by atomic mass is 35.5. The fraction of sp³-hybridized carbons (Fsp3) is 0.304. The Morgan fingerprint density at radius 2 is 1.48 bits per heavy atom. The van der Waals surface area contributed by atoms with Gasteiger partial charge in [0.05, 0.1) is 28.6 Å². The van der Waals surface area contributed by atoms with E-state index in [9.17, 15) is 19.2 Å². The van der Waals surface area contributed by atoms with Crippen molar-refractivity contribution in [3.05, 3.63) is 58.1 Å². The number of hydrogen-bond donors (Lipinski definition) is 2. The molecular weight excluding hydrogens is 471 g/mol. The number of nitrogens with one attached hydrogen (secondary N) is 2. The Balaban J connectivity index is 1.69. The van der Waals surface area contributed by atoms with E-state index in [-0.39, 0.29) is 12.8 Å². The van der Waals surface area contributed by atoms with Crippen LogP contribution in [0.4, 0.5) is 11.4 Å². The molecule has 0 saturated carbocycles. The molecule has 2 amide bonds. The van der Waals surface area contributed by atoms with Crippen molar-refractivity contribution >= 4 is 58.3 Å². The van der Waals surface area contributed by atoms with Crippen LogP contribution in [0, 0.1) is 0 Å². The molecule has 0 heterocycles. The molecule has 2 aromatic rings. The van der Waals surface area contributed by atoms with Gasteiger partial charge in [-0.25, -0.2) is 4.79 Å². The molecular formula is C23H24Cl2N2O6. The van der Waals surface area contributed by atoms with Crippen LogP contribution in [-0.4, -0.2) is 37.0 Å². The maximum Gasteiger partial charge on any atom is 0.338 e. The van der Waals surface area contributed by atoms with E-state index in [4.69, 9.17) is 32.7 Å². The first-order valence-electron chi connectivity index (χ1n) is 10.3. The zero-order valence-corrected chi connectivity index (χ0v) is 19.5. The molecule has 0 radical (unpaired) electrons. The van der Waals surface area contributed by atoms with E-state index in [1.165, 1.54) is 18.2 Å². The molecule has 0 aliphatic carbocycles. The molecule has 0 aliphatic rings. The molecule has 8 nitrogen and oxygen atoms in total. The molecule has 2 N–H and O–H groups in total. The second-order valence-electron chi connectivity index (χ2n) is 6.95. The van der Waals surface area contributed by atoms with Crippen molar-refractivity contribution in [1.82, 2.24) is 0 Å². The first-order chi connectivity index (χ1) is 15.8. The number of amides is 2. The number of esters is 2. The summed E-state index contributed by atoms with van der Waals surface area (Å²) in [7, 11) is 0. The Labute approximate surface area is 201 Å². The SMILES string of the molecule is CCCCOC(=O)c1ccc(NC(=O)COC(=O)CCC(=O)Nc2ccc(Cl)c(Cl)c2)cc1. The minimum Gasteiger partial charge on any atom is -0.462 e. The van der Waals surface area contributed by atoms with Crippen LogP contribution in [-0.2, 0) is 23.9 Å². The highest BCUT2D eigenvalue weighted by Crippen LogP contribution is 2.25. The third kappa shape index (κ3) is 9.51. The molecule has 0 bridgehead atoms. The van der Waals surface area contributed by atoms with Gasteiger partial charge in [0, 0.05) is 17.8 Å². The van der Waals surface area contributed by atoms with Crippen LogP contribution in [0.2, 0.25) is 10.0 Å². The van der Waals surface area contributed by atoms with Gasteiger partial charge in [-0.05, 0) is 48.9 Å². The Hall–Kier alpha value is -3.10. The van der Waals surface area contributed by atoms with Gasteiger partial charge in [0.1, 0.15) is 0 Å². The smallest absolute Gasteiger partial charge is 0.338 e. The number of ether oxygens (including phenoxy) is 2. The largest absolute Gasteiger partial charge is 0.462 e. The quantitative estimate of drug-likeness (QED) is 0.341. The third-order valence-electron chi connectivity index (χ3n) is 4.26. The maximum atomic E-state index is 12.0. The summed E-state index contributed by atoms with van der Waals surface area (Å²) in [6.45, 7) is 1.85. The molecule has 2 aromatic carbocycles. The molecule has 0 fully saturated rings. The van der Waals surface area contributed by atoms with Gasteiger partial charge in [-0.15, -0.1) is 0 Å². The van der Waals surface area contributed by atoms with Crippen molar-refractivity contribution in [2.45, 2.75) is 32.6 Å². The molecule has 0 saturated heterocycles. The van der Waals surface area contributed by atoms with E-state index in [1.807, 2.05) is 6.92 Å². The van der Waals surface area contributed by atoms with Crippen LogP contribution in [0.5, 0.6) is 0 Å². The van der Waals surface area contributed by atoms with Crippen molar-refractivity contribution in [2.24, 2.45) is 0 Å². The third-order valence-corrected chi connectivity index (χ3v) is 5.00. The number of anilines is 2. The Morgan fingerprint density at radius 3 is 2.15 bits per heavy atom. The summed E-state index contributed by atoms with van der Waals surface area (Å²) in [6.07, 6.45) is 1.39. The molecule has 33 heavy (non-hydrogen) atoms. The Morgan fingerprint density at radius 1 is 0.818 bits per heavy atom. The predicted molar refractivity (Wildman–Crippen MR) is 126 cm³/mol. The van der Waals surface area contributed by atoms with Crippen molar-refractivity contribution in [1.29, 1.82) is 0 Å². The number of benzene rings is 2. The molecule has 0 unspecified atom stereocenters. The molecule has 2 rings (SSSR count). The van der Waals surface area contributed by atoms with E-state index >= 15 is 0 Å². The number of carbonyl (C=O) groups is 4. The molecule has 0 aliphatic heterocycles. The lowest BCUT2D eigenvalue weighted by molar-refractivity contribution is -0.147. The summed E-state index contributed by atoms with van der Waals surface area (Å²) in [4.78, 5) is 47.6. The van der Waals surface area contributed by atoms with Crippen molar-refractivity contribution < 1.29 is 28.7 Å². The average molecular weight is 495 g/mol. The Kier molecular flexibility index (Phi) is 10.7. The van der Waals surface area contributed by atoms with Gasteiger partial charge in [0.2, 0.25) is 5.91 Å². The van der Waals surface area contributed by atoms with Gasteiger partial charge in [-0.1, -0.05) is 36.5 Å². The zero-order chi connectivity index (χ0) is 24.2. The summed E-state index contributed by atoms with van der Waals surface area (Å²) in [6, 6.07) is 10.8. The molecule has 176 valence electrons. The van der Waals surface area contributed by atoms with Crippen molar-refractivity contribution in [3.63, 3.8) is 0 Å². The highest BCUT2D eigenvalue weighted by Gasteiger charge is 2.12. The molecule has 0 aromatic heterocycles. The van der Waals surface area contributed by atoms with Crippen LogP contribution in [0.15, 0.2) is 42.5 Å². The van der Waals surface area contributed by atoms with Crippen molar-refractivity contribution in [3.8, 4) is 0 Å². The highest BCUT2D eigenvalue weighted by molar-refractivity contribution is 6.42. The van der Waals surface area contributed by atoms with Gasteiger partial charge in [0.25, 0.3) is 5.91 Å². The fourth-order valence-electron chi connectivity index (χ4n) is 2.51. The van der Waals surface area contributed by atoms with E-state index in [0.717, 1.165) is 12.8 Å². The molecule has 0 atom stereocenters. The fourth-order valence-corrected chi connectivity index (χ4v) is 2.81. The second kappa shape index (κ2) is 13.4. The van der Waals surface area contributed by atoms with Crippen LogP contribution >= 0.6 is 23.2 Å². The lowest BCUT2D eigenvalue weighted by atomic mass is 10.2. The van der Waals surface area contributed by atoms with Gasteiger partial charge >= 0.3 is 11.9 Å². The lowest BCUT2D eigenvalue weighted by Gasteiger charge is -2.08. The van der Waals surface area contributed by atoms with Gasteiger partial charge in [-0.2, -0.15) is 0 Å². The monoisotopic (exact) mass is 494 g/mol. The standard InChI is InChI=1S/C23H24Cl2N2O6/c1-2-3-12-32-23(31)15-4-6-16(7-5-15)26-21(29)14-33-22(30)11-10-20(28)27-17-8-9-18(24)19(25)13-17/h4-9,13H,2-3,10-12,14H2,1H3,(H,26,29)(H,27,28). The van der Waals surface area contributed by atoms with Crippen LogP contribution < -0.4 is 10.6 Å². The topological polar surface area (TPSA) is 111 Å². The van der Waals surface area contributed by atoms with Crippen molar-refractivity contribution in [2.75, 3.05) is 23.8 Å². The second-order valence-corrected chi connectivity index (χ2v) is 7.77. The van der Waals surface area contributed by atoms with E-state index in [0.29, 0.717) is 33.6 Å². The summed E-state index contributed by atoms with van der Waals surface area (Å²) >= 11 is 11.7. The predicted octanol–water partition coefficient (Wildman–Crippen LogP) is 4.85. The van der Waals surface area contributed by atoms with Crippen LogP contribution in [0.25, 0.3) is 0 Å². The Bertz CT molecular complexity index is 995. The van der Waals surface area contributed by atoms with Gasteiger partial charge in [0.15, 0.2) is 6.61 Å². The minimum atomic E-state index is -0.695. The molecule has 0 spiro atoms. The lowest BCUT2D eigenvalue weighted by Crippen LogP contribution is -2.21.